The lowest BCUT2D eigenvalue weighted by atomic mass is 9.79. The third-order valence-corrected chi connectivity index (χ3v) is 5.49. The number of piperidine rings is 1. The summed E-state index contributed by atoms with van der Waals surface area (Å²) in [5, 5.41) is 0. The van der Waals surface area contributed by atoms with Gasteiger partial charge < -0.3 is 14.2 Å². The van der Waals surface area contributed by atoms with Crippen LogP contribution in [0, 0.1) is 11.7 Å². The van der Waals surface area contributed by atoms with E-state index in [2.05, 4.69) is 16.8 Å². The molecule has 0 N–H and O–H groups in total. The fourth-order valence-electron chi connectivity index (χ4n) is 3.00. The fourth-order valence-corrected chi connectivity index (χ4v) is 3.00. The Morgan fingerprint density at radius 2 is 1.74 bits per heavy atom. The molecule has 3 rings (SSSR count). The second kappa shape index (κ2) is 5.74. The van der Waals surface area contributed by atoms with E-state index in [0.717, 1.165) is 37.7 Å². The molecule has 0 aliphatic carbocycles. The van der Waals surface area contributed by atoms with E-state index in [1.807, 2.05) is 27.7 Å². The maximum atomic E-state index is 14.3. The molecule has 6 heteroatoms. The van der Waals surface area contributed by atoms with Gasteiger partial charge >= 0.3 is 7.12 Å². The molecule has 2 fully saturated rings. The molecule has 2 saturated heterocycles. The van der Waals surface area contributed by atoms with Gasteiger partial charge in [-0.15, -0.1) is 0 Å². The number of pyridine rings is 1. The van der Waals surface area contributed by atoms with Crippen LogP contribution in [0.25, 0.3) is 0 Å². The summed E-state index contributed by atoms with van der Waals surface area (Å²) in [6.07, 6.45) is 3.57. The van der Waals surface area contributed by atoms with Crippen molar-refractivity contribution in [2.45, 2.75) is 58.7 Å². The second-order valence-electron chi connectivity index (χ2n) is 7.82. The highest BCUT2D eigenvalue weighted by Gasteiger charge is 2.52. The topological polar surface area (TPSA) is 34.6 Å². The van der Waals surface area contributed by atoms with Crippen LogP contribution in [0.15, 0.2) is 12.3 Å². The number of nitrogens with zero attached hydrogens (tertiary/aromatic N) is 2. The van der Waals surface area contributed by atoms with Crippen molar-refractivity contribution in [3.63, 3.8) is 0 Å². The minimum Gasteiger partial charge on any atom is -0.399 e. The zero-order valence-corrected chi connectivity index (χ0v) is 14.7. The molecule has 0 unspecified atom stereocenters. The Morgan fingerprint density at radius 1 is 1.17 bits per heavy atom. The summed E-state index contributed by atoms with van der Waals surface area (Å²) in [5.74, 6) is 1.18. The van der Waals surface area contributed by atoms with E-state index in [1.165, 1.54) is 6.20 Å². The summed E-state index contributed by atoms with van der Waals surface area (Å²) in [5.41, 5.74) is -0.519. The van der Waals surface area contributed by atoms with Gasteiger partial charge in [0.15, 0.2) is 0 Å². The maximum absolute atomic E-state index is 14.3. The minimum atomic E-state index is -0.689. The quantitative estimate of drug-likeness (QED) is 0.785. The molecule has 0 radical (unpaired) electrons. The molecule has 0 spiro atoms. The molecule has 0 bridgehead atoms. The van der Waals surface area contributed by atoms with E-state index in [1.54, 1.807) is 6.07 Å². The molecule has 1 aromatic rings. The first-order valence-corrected chi connectivity index (χ1v) is 8.46. The highest BCUT2D eigenvalue weighted by molar-refractivity contribution is 6.62. The van der Waals surface area contributed by atoms with Crippen LogP contribution in [0.1, 0.15) is 47.5 Å². The predicted octanol–water partition coefficient (Wildman–Crippen LogP) is 2.76. The molecule has 2 aliphatic rings. The Balaban J connectivity index is 1.85. The Bertz CT molecular complexity index is 570. The van der Waals surface area contributed by atoms with Gasteiger partial charge in [0.25, 0.3) is 0 Å². The average molecular weight is 320 g/mol. The lowest BCUT2D eigenvalue weighted by Gasteiger charge is -2.32. The molecule has 4 nitrogen and oxygen atoms in total. The number of halogens is 1. The van der Waals surface area contributed by atoms with Gasteiger partial charge in [-0.3, -0.25) is 0 Å². The van der Waals surface area contributed by atoms with E-state index in [-0.39, 0.29) is 5.82 Å². The van der Waals surface area contributed by atoms with Crippen molar-refractivity contribution < 1.29 is 13.7 Å². The van der Waals surface area contributed by atoms with Gasteiger partial charge in [-0.25, -0.2) is 9.37 Å². The molecular weight excluding hydrogens is 294 g/mol. The molecule has 1 aromatic heterocycles. The highest BCUT2D eigenvalue weighted by atomic mass is 19.1. The summed E-state index contributed by atoms with van der Waals surface area (Å²) >= 11 is 0. The Kier molecular flexibility index (Phi) is 4.17. The van der Waals surface area contributed by atoms with E-state index >= 15 is 0 Å². The van der Waals surface area contributed by atoms with E-state index in [0.29, 0.717) is 5.46 Å². The Labute approximate surface area is 138 Å². The molecule has 2 aliphatic heterocycles. The number of rotatable bonds is 2. The van der Waals surface area contributed by atoms with Crippen LogP contribution < -0.4 is 10.4 Å². The van der Waals surface area contributed by atoms with Crippen molar-refractivity contribution in [1.29, 1.82) is 0 Å². The Morgan fingerprint density at radius 3 is 2.30 bits per heavy atom. The van der Waals surface area contributed by atoms with E-state index in [9.17, 15) is 4.39 Å². The van der Waals surface area contributed by atoms with Crippen LogP contribution in [0.3, 0.4) is 0 Å². The summed E-state index contributed by atoms with van der Waals surface area (Å²) in [6, 6.07) is 1.79. The lowest BCUT2D eigenvalue weighted by Crippen LogP contribution is -2.41. The summed E-state index contributed by atoms with van der Waals surface area (Å²) in [4.78, 5) is 6.49. The summed E-state index contributed by atoms with van der Waals surface area (Å²) in [7, 11) is -0.689. The van der Waals surface area contributed by atoms with Crippen LogP contribution in [-0.2, 0) is 9.31 Å². The molecular formula is C17H26BFN2O2. The molecule has 0 atom stereocenters. The van der Waals surface area contributed by atoms with Crippen LogP contribution in [0.5, 0.6) is 0 Å². The van der Waals surface area contributed by atoms with Gasteiger partial charge in [-0.1, -0.05) is 6.92 Å². The summed E-state index contributed by atoms with van der Waals surface area (Å²) in [6.45, 7) is 12.1. The predicted molar refractivity (Wildman–Crippen MR) is 90.5 cm³/mol. The van der Waals surface area contributed by atoms with Gasteiger partial charge in [0.1, 0.15) is 11.6 Å². The third-order valence-electron chi connectivity index (χ3n) is 5.49. The zero-order valence-electron chi connectivity index (χ0n) is 14.7. The molecule has 23 heavy (non-hydrogen) atoms. The van der Waals surface area contributed by atoms with Gasteiger partial charge in [-0.05, 0) is 52.5 Å². The first-order chi connectivity index (χ1) is 10.7. The monoisotopic (exact) mass is 320 g/mol. The standard InChI is InChI=1S/C17H26BFN2O2/c1-12-6-8-21(9-7-12)15-10-13(14(19)11-20-15)18-22-16(2,3)17(4,5)23-18/h10-12H,6-9H2,1-5H3. The van der Waals surface area contributed by atoms with Crippen molar-refractivity contribution >= 4 is 18.4 Å². The first kappa shape index (κ1) is 16.7. The minimum absolute atomic E-state index is 0.377. The highest BCUT2D eigenvalue weighted by Crippen LogP contribution is 2.36. The number of anilines is 1. The van der Waals surface area contributed by atoms with Gasteiger partial charge in [0.05, 0.1) is 17.4 Å². The van der Waals surface area contributed by atoms with Crippen molar-refractivity contribution in [3.8, 4) is 0 Å². The smallest absolute Gasteiger partial charge is 0.399 e. The van der Waals surface area contributed by atoms with Crippen molar-refractivity contribution in [2.75, 3.05) is 18.0 Å². The van der Waals surface area contributed by atoms with Crippen LogP contribution in [0.4, 0.5) is 10.2 Å². The SMILES string of the molecule is CC1CCN(c2cc(B3OC(C)(C)C(C)(C)O3)c(F)cn2)CC1. The molecule has 0 amide bonds. The average Bonchev–Trinajstić information content (AvgIpc) is 2.69. The molecule has 3 heterocycles. The number of hydrogen-bond acceptors (Lipinski definition) is 4. The van der Waals surface area contributed by atoms with Crippen molar-refractivity contribution in [3.05, 3.63) is 18.1 Å². The van der Waals surface area contributed by atoms with Crippen molar-refractivity contribution in [1.82, 2.24) is 4.98 Å². The van der Waals surface area contributed by atoms with Gasteiger partial charge in [0, 0.05) is 18.6 Å². The largest absolute Gasteiger partial charge is 0.498 e. The van der Waals surface area contributed by atoms with Gasteiger partial charge in [0.2, 0.25) is 0 Å². The molecule has 0 saturated carbocycles. The number of aromatic nitrogens is 1. The normalized spacial score (nSPS) is 24.3. The zero-order chi connectivity index (χ0) is 16.8. The van der Waals surface area contributed by atoms with Crippen molar-refractivity contribution in [2.24, 2.45) is 5.92 Å². The molecule has 0 aromatic carbocycles. The van der Waals surface area contributed by atoms with Crippen LogP contribution >= 0.6 is 0 Å². The third kappa shape index (κ3) is 3.11. The van der Waals surface area contributed by atoms with Crippen LogP contribution in [-0.4, -0.2) is 36.4 Å². The maximum Gasteiger partial charge on any atom is 0.498 e. The Hall–Kier alpha value is -1.14. The second-order valence-corrected chi connectivity index (χ2v) is 7.82. The first-order valence-electron chi connectivity index (χ1n) is 8.46. The van der Waals surface area contributed by atoms with E-state index in [4.69, 9.17) is 9.31 Å². The lowest BCUT2D eigenvalue weighted by molar-refractivity contribution is 0.00578. The summed E-state index contributed by atoms with van der Waals surface area (Å²) < 4.78 is 26.3. The fraction of sp³-hybridized carbons (Fsp3) is 0.706. The van der Waals surface area contributed by atoms with Gasteiger partial charge in [-0.2, -0.15) is 0 Å². The van der Waals surface area contributed by atoms with E-state index < -0.39 is 18.3 Å². The number of hydrogen-bond donors (Lipinski definition) is 0. The molecule has 126 valence electrons. The van der Waals surface area contributed by atoms with Crippen LogP contribution in [0.2, 0.25) is 0 Å².